The molecular weight excluding hydrogens is 493 g/mol. The maximum Gasteiger partial charge on any atom is 0.490 e. The average molecular weight is 521 g/mol. The Morgan fingerprint density at radius 1 is 1.11 bits per heavy atom. The lowest BCUT2D eigenvalue weighted by atomic mass is 9.74. The van der Waals surface area contributed by atoms with Gasteiger partial charge in [0.1, 0.15) is 0 Å². The Kier molecular flexibility index (Phi) is 7.32. The minimum absolute atomic E-state index is 0.0191. The van der Waals surface area contributed by atoms with E-state index in [1.165, 1.54) is 0 Å². The molecule has 13 heteroatoms. The van der Waals surface area contributed by atoms with Crippen LogP contribution in [-0.2, 0) is 9.59 Å². The van der Waals surface area contributed by atoms with Gasteiger partial charge in [-0.2, -0.15) is 13.2 Å². The molecule has 37 heavy (non-hydrogen) atoms. The first kappa shape index (κ1) is 26.3. The number of carboxylic acids is 1. The van der Waals surface area contributed by atoms with Crippen LogP contribution in [0.1, 0.15) is 30.1 Å². The summed E-state index contributed by atoms with van der Waals surface area (Å²) in [6.45, 7) is 5.54. The molecule has 3 aliphatic heterocycles. The van der Waals surface area contributed by atoms with Gasteiger partial charge in [-0.3, -0.25) is 14.6 Å². The summed E-state index contributed by atoms with van der Waals surface area (Å²) in [5.41, 5.74) is 0.431. The van der Waals surface area contributed by atoms with Gasteiger partial charge in [-0.25, -0.2) is 14.8 Å². The van der Waals surface area contributed by atoms with Gasteiger partial charge in [0.2, 0.25) is 11.9 Å². The highest BCUT2D eigenvalue weighted by molar-refractivity contribution is 5.94. The molecule has 2 aromatic rings. The number of piperidine rings is 1. The second kappa shape index (κ2) is 10.3. The Bertz CT molecular complexity index is 1130. The number of fused-ring (bicyclic) bond motifs is 2. The van der Waals surface area contributed by atoms with Crippen LogP contribution < -0.4 is 4.90 Å². The average Bonchev–Trinajstić information content (AvgIpc) is 3.43. The van der Waals surface area contributed by atoms with Crippen LogP contribution in [0.2, 0.25) is 0 Å². The highest BCUT2D eigenvalue weighted by Crippen LogP contribution is 2.50. The van der Waals surface area contributed by atoms with Crippen LogP contribution in [0.4, 0.5) is 19.1 Å². The first-order valence-corrected chi connectivity index (χ1v) is 11.9. The van der Waals surface area contributed by atoms with E-state index in [-0.39, 0.29) is 29.2 Å². The fourth-order valence-corrected chi connectivity index (χ4v) is 5.72. The van der Waals surface area contributed by atoms with Gasteiger partial charge in [0.05, 0.1) is 17.0 Å². The van der Waals surface area contributed by atoms with Crippen LogP contribution in [0.5, 0.6) is 0 Å². The van der Waals surface area contributed by atoms with E-state index in [0.29, 0.717) is 37.7 Å². The number of nitrogens with zero attached hydrogens (tertiary/aromatic N) is 6. The fraction of sp³-hybridized carbons (Fsp3) is 0.500. The molecule has 0 aromatic carbocycles. The number of halogens is 3. The molecule has 3 saturated heterocycles. The number of hydrogen-bond donors (Lipinski definition) is 1. The van der Waals surface area contributed by atoms with Crippen molar-refractivity contribution in [3.8, 4) is 0 Å². The molecule has 0 aliphatic carbocycles. The first-order chi connectivity index (χ1) is 17.6. The zero-order valence-corrected chi connectivity index (χ0v) is 20.1. The lowest BCUT2D eigenvalue weighted by Crippen LogP contribution is -2.57. The number of alkyl halides is 3. The maximum absolute atomic E-state index is 13.3. The Labute approximate surface area is 211 Å². The van der Waals surface area contributed by atoms with Gasteiger partial charge in [0, 0.05) is 63.4 Å². The monoisotopic (exact) mass is 520 g/mol. The van der Waals surface area contributed by atoms with Gasteiger partial charge < -0.3 is 19.8 Å². The molecule has 198 valence electrons. The lowest BCUT2D eigenvalue weighted by Gasteiger charge is -2.47. The van der Waals surface area contributed by atoms with Crippen LogP contribution in [0, 0.1) is 11.8 Å². The summed E-state index contributed by atoms with van der Waals surface area (Å²) < 4.78 is 31.7. The number of amides is 2. The number of rotatable bonds is 3. The highest BCUT2D eigenvalue weighted by atomic mass is 19.4. The van der Waals surface area contributed by atoms with E-state index in [1.54, 1.807) is 36.9 Å². The summed E-state index contributed by atoms with van der Waals surface area (Å²) in [5.74, 6) is -1.58. The summed E-state index contributed by atoms with van der Waals surface area (Å²) in [5, 5.41) is 7.12. The largest absolute Gasteiger partial charge is 0.490 e. The molecule has 3 aliphatic rings. The molecule has 1 N–H and O–H groups in total. The Balaban J connectivity index is 0.000000405. The van der Waals surface area contributed by atoms with Crippen molar-refractivity contribution in [2.24, 2.45) is 11.8 Å². The van der Waals surface area contributed by atoms with Crippen molar-refractivity contribution in [1.82, 2.24) is 24.8 Å². The third-order valence-electron chi connectivity index (χ3n) is 7.35. The van der Waals surface area contributed by atoms with Gasteiger partial charge in [0.25, 0.3) is 5.91 Å². The summed E-state index contributed by atoms with van der Waals surface area (Å²) in [6.07, 6.45) is 3.32. The summed E-state index contributed by atoms with van der Waals surface area (Å²) in [4.78, 5) is 54.0. The van der Waals surface area contributed by atoms with Gasteiger partial charge in [-0.1, -0.05) is 0 Å². The van der Waals surface area contributed by atoms with Gasteiger partial charge >= 0.3 is 12.1 Å². The second-order valence-electron chi connectivity index (χ2n) is 9.19. The number of likely N-dealkylation sites (tertiary alicyclic amines) is 2. The van der Waals surface area contributed by atoms with E-state index in [0.717, 1.165) is 19.4 Å². The number of aliphatic carboxylic acids is 1. The van der Waals surface area contributed by atoms with Crippen molar-refractivity contribution in [3.63, 3.8) is 0 Å². The lowest BCUT2D eigenvalue weighted by molar-refractivity contribution is -0.192. The number of carbonyl (C=O) groups excluding carboxylic acids is 2. The number of carbonyl (C=O) groups is 3. The van der Waals surface area contributed by atoms with Crippen molar-refractivity contribution in [2.75, 3.05) is 37.6 Å². The van der Waals surface area contributed by atoms with Gasteiger partial charge in [-0.15, -0.1) is 0 Å². The van der Waals surface area contributed by atoms with E-state index in [9.17, 15) is 22.8 Å². The molecule has 0 radical (unpaired) electrons. The SMILES string of the molecule is CCN1C(=O)[C@H]2CN(c3ncccn3)C[C@H]2C12CCN(C(=O)c1cccnc1)CC2.O=C(O)C(F)(F)F. The maximum atomic E-state index is 13.3. The molecule has 0 bridgehead atoms. The fourth-order valence-electron chi connectivity index (χ4n) is 5.72. The Morgan fingerprint density at radius 2 is 1.76 bits per heavy atom. The molecule has 2 amide bonds. The minimum atomic E-state index is -5.08. The molecule has 2 atom stereocenters. The molecule has 1 spiro atoms. The molecule has 3 fully saturated rings. The number of carboxylic acid groups (broad SMARTS) is 1. The molecule has 10 nitrogen and oxygen atoms in total. The topological polar surface area (TPSA) is 120 Å². The number of hydrogen-bond acceptors (Lipinski definition) is 7. The molecule has 0 unspecified atom stereocenters. The predicted octanol–water partition coefficient (Wildman–Crippen LogP) is 2.09. The van der Waals surface area contributed by atoms with E-state index in [4.69, 9.17) is 9.90 Å². The van der Waals surface area contributed by atoms with E-state index in [2.05, 4.69) is 31.7 Å². The van der Waals surface area contributed by atoms with Crippen LogP contribution in [0.25, 0.3) is 0 Å². The van der Waals surface area contributed by atoms with Gasteiger partial charge in [-0.05, 0) is 38.0 Å². The minimum Gasteiger partial charge on any atom is -0.475 e. The molecular formula is C24H27F3N6O4. The first-order valence-electron chi connectivity index (χ1n) is 11.9. The second-order valence-corrected chi connectivity index (χ2v) is 9.19. The number of pyridine rings is 1. The Morgan fingerprint density at radius 3 is 2.30 bits per heavy atom. The van der Waals surface area contributed by atoms with E-state index in [1.807, 2.05) is 11.0 Å². The smallest absolute Gasteiger partial charge is 0.475 e. The summed E-state index contributed by atoms with van der Waals surface area (Å²) in [7, 11) is 0. The van der Waals surface area contributed by atoms with Crippen LogP contribution in [0.15, 0.2) is 43.0 Å². The zero-order valence-electron chi connectivity index (χ0n) is 20.1. The van der Waals surface area contributed by atoms with E-state index >= 15 is 0 Å². The Hall–Kier alpha value is -3.77. The molecule has 5 rings (SSSR count). The molecule has 5 heterocycles. The summed E-state index contributed by atoms with van der Waals surface area (Å²) in [6, 6.07) is 5.40. The van der Waals surface area contributed by atoms with Crippen molar-refractivity contribution >= 4 is 23.7 Å². The number of anilines is 1. The molecule has 2 aromatic heterocycles. The predicted molar refractivity (Wildman–Crippen MR) is 124 cm³/mol. The molecule has 0 saturated carbocycles. The third-order valence-corrected chi connectivity index (χ3v) is 7.35. The standard InChI is InChI=1S/C22H26N6O2.C2HF3O2/c1-2-28-20(30)17-14-27(21-24-9-4-10-25-21)15-18(17)22(28)6-11-26(12-7-22)19(29)16-5-3-8-23-13-16;3-2(4,5)1(6)7/h3-5,8-10,13,17-18H,2,6-7,11-12,14-15H2,1H3;(H,6,7)/t17-,18+;/m0./s1. The zero-order chi connectivity index (χ0) is 26.8. The van der Waals surface area contributed by atoms with Crippen molar-refractivity contribution in [2.45, 2.75) is 31.5 Å². The van der Waals surface area contributed by atoms with Crippen molar-refractivity contribution in [1.29, 1.82) is 0 Å². The van der Waals surface area contributed by atoms with Gasteiger partial charge in [0.15, 0.2) is 0 Å². The summed E-state index contributed by atoms with van der Waals surface area (Å²) >= 11 is 0. The highest BCUT2D eigenvalue weighted by Gasteiger charge is 2.61. The third kappa shape index (κ3) is 5.07. The van der Waals surface area contributed by atoms with Crippen LogP contribution >= 0.6 is 0 Å². The van der Waals surface area contributed by atoms with Crippen LogP contribution in [0.3, 0.4) is 0 Å². The normalized spacial score (nSPS) is 22.5. The van der Waals surface area contributed by atoms with Crippen molar-refractivity contribution in [3.05, 3.63) is 48.5 Å². The van der Waals surface area contributed by atoms with Crippen LogP contribution in [-0.4, -0.2) is 92.1 Å². The number of aromatic nitrogens is 3. The quantitative estimate of drug-likeness (QED) is 0.654. The van der Waals surface area contributed by atoms with E-state index < -0.39 is 12.1 Å². The van der Waals surface area contributed by atoms with Crippen molar-refractivity contribution < 1.29 is 32.7 Å².